The van der Waals surface area contributed by atoms with Crippen molar-refractivity contribution in [3.63, 3.8) is 0 Å². The van der Waals surface area contributed by atoms with Gasteiger partial charge in [-0.1, -0.05) is 22.4 Å². The third-order valence-electron chi connectivity index (χ3n) is 5.26. The summed E-state index contributed by atoms with van der Waals surface area (Å²) in [5.74, 6) is 0. The van der Waals surface area contributed by atoms with Gasteiger partial charge in [0, 0.05) is 11.7 Å². The number of H-pyrrole nitrogens is 1. The molecule has 1 saturated heterocycles. The maximum atomic E-state index is 13.4. The van der Waals surface area contributed by atoms with E-state index in [0.717, 1.165) is 10.9 Å². The van der Waals surface area contributed by atoms with Crippen LogP contribution in [0.25, 0.3) is 21.8 Å². The van der Waals surface area contributed by atoms with Crippen LogP contribution in [0.2, 0.25) is 5.02 Å². The molecule has 0 bridgehead atoms. The number of hydrogen-bond acceptors (Lipinski definition) is 6. The Hall–Kier alpha value is -3.08. The molecule has 1 aliphatic rings. The summed E-state index contributed by atoms with van der Waals surface area (Å²) in [6, 6.07) is 9.20. The zero-order valence-corrected chi connectivity index (χ0v) is 16.8. The largest absolute Gasteiger partial charge is 0.421 e. The highest BCUT2D eigenvalue weighted by molar-refractivity contribution is 7.91. The van der Waals surface area contributed by atoms with E-state index in [2.05, 4.69) is 4.98 Å². The fourth-order valence-corrected chi connectivity index (χ4v) is 5.27. The van der Waals surface area contributed by atoms with Gasteiger partial charge in [-0.25, -0.2) is 13.2 Å². The Morgan fingerprint density at radius 1 is 1.13 bits per heavy atom. The molecule has 0 spiro atoms. The van der Waals surface area contributed by atoms with Crippen LogP contribution in [0.1, 0.15) is 6.04 Å². The Kier molecular flexibility index (Phi) is 4.07. The average molecular weight is 448 g/mol. The fraction of sp³-hybridized carbons (Fsp3) is 0.158. The molecular formula is C19H14ClN3O6S. The van der Waals surface area contributed by atoms with Gasteiger partial charge in [-0.15, -0.1) is 0 Å². The van der Waals surface area contributed by atoms with Gasteiger partial charge in [0.05, 0.1) is 45.0 Å². The highest BCUT2D eigenvalue weighted by Gasteiger charge is 2.26. The highest BCUT2D eigenvalue weighted by atomic mass is 35.5. The first-order valence-electron chi connectivity index (χ1n) is 8.89. The third kappa shape index (κ3) is 2.61. The van der Waals surface area contributed by atoms with E-state index in [4.69, 9.17) is 16.3 Å². The van der Waals surface area contributed by atoms with Crippen LogP contribution in [0.4, 0.5) is 0 Å². The monoisotopic (exact) mass is 447 g/mol. The number of halogens is 1. The fourth-order valence-electron chi connectivity index (χ4n) is 3.60. The summed E-state index contributed by atoms with van der Waals surface area (Å²) in [6.45, 7) is 1.11. The molecule has 0 amide bonds. The first-order valence-corrected chi connectivity index (χ1v) is 10.8. The predicted molar refractivity (Wildman–Crippen MR) is 108 cm³/mol. The van der Waals surface area contributed by atoms with E-state index in [1.54, 1.807) is 12.1 Å². The quantitative estimate of drug-likeness (QED) is 0.462. The number of hydrogen-bond donors (Lipinski definition) is 2. The van der Waals surface area contributed by atoms with Crippen molar-refractivity contribution in [3.8, 4) is 0 Å². The molecule has 5 rings (SSSR count). The normalized spacial score (nSPS) is 15.0. The van der Waals surface area contributed by atoms with Gasteiger partial charge in [0.1, 0.15) is 0 Å². The lowest BCUT2D eigenvalue weighted by Crippen LogP contribution is -2.33. The van der Waals surface area contributed by atoms with Crippen molar-refractivity contribution in [3.05, 3.63) is 68.5 Å². The van der Waals surface area contributed by atoms with Gasteiger partial charge >= 0.3 is 5.69 Å². The van der Waals surface area contributed by atoms with Gasteiger partial charge in [-0.3, -0.25) is 4.79 Å². The second-order valence-corrected chi connectivity index (χ2v) is 9.31. The number of rotatable bonds is 3. The second kappa shape index (κ2) is 6.46. The lowest BCUT2D eigenvalue weighted by Gasteiger charge is -2.28. The predicted octanol–water partition coefficient (Wildman–Crippen LogP) is 1.94. The van der Waals surface area contributed by atoms with Crippen molar-refractivity contribution >= 4 is 43.2 Å². The zero-order chi connectivity index (χ0) is 21.2. The number of nitrogens with one attached hydrogen (secondary N) is 1. The number of nitrogens with zero attached hydrogens (tertiary/aromatic N) is 2. The summed E-state index contributed by atoms with van der Waals surface area (Å²) in [5.41, 5.74) is -1.80. The maximum absolute atomic E-state index is 13.4. The van der Waals surface area contributed by atoms with Crippen LogP contribution in [0, 0.1) is 0 Å². The Bertz CT molecular complexity index is 1560. The molecule has 0 saturated carbocycles. The SMILES string of the molecule is O=c1[nH]c2c(S(=O)(=O)c3ccc4ccn(C5COC5)c4c3)ccc(Cl)c2c(=O)n1O. The molecular weight excluding hydrogens is 434 g/mol. The minimum absolute atomic E-state index is 0.00663. The second-order valence-electron chi connectivity index (χ2n) is 6.98. The standard InChI is InChI=1S/C19H14ClN3O6S/c20-13-3-4-15(17-16(13)18(24)23(26)19(25)21-17)30(27,28)12-2-1-10-5-6-22(14(10)7-12)11-8-29-9-11/h1-7,11,26H,8-9H2,(H,21,25). The van der Waals surface area contributed by atoms with Crippen LogP contribution < -0.4 is 11.2 Å². The molecule has 0 atom stereocenters. The minimum Gasteiger partial charge on any atom is -0.421 e. The number of sulfone groups is 1. The molecule has 30 heavy (non-hydrogen) atoms. The molecule has 3 heterocycles. The van der Waals surface area contributed by atoms with Gasteiger partial charge in [-0.2, -0.15) is 0 Å². The number of ether oxygens (including phenoxy) is 1. The van der Waals surface area contributed by atoms with Crippen LogP contribution in [-0.4, -0.2) is 41.1 Å². The summed E-state index contributed by atoms with van der Waals surface area (Å²) in [6.07, 6.45) is 1.88. The minimum atomic E-state index is -4.13. The van der Waals surface area contributed by atoms with Crippen molar-refractivity contribution in [2.24, 2.45) is 0 Å². The molecule has 0 unspecified atom stereocenters. The van der Waals surface area contributed by atoms with Gasteiger partial charge < -0.3 is 19.5 Å². The first-order chi connectivity index (χ1) is 14.3. The van der Waals surface area contributed by atoms with E-state index in [1.165, 1.54) is 18.2 Å². The van der Waals surface area contributed by atoms with E-state index in [9.17, 15) is 23.2 Å². The van der Waals surface area contributed by atoms with Crippen molar-refractivity contribution in [2.75, 3.05) is 13.2 Å². The Balaban J connectivity index is 1.77. The highest BCUT2D eigenvalue weighted by Crippen LogP contribution is 2.32. The molecule has 4 aromatic rings. The Labute approximate surface area is 173 Å². The molecule has 0 aliphatic carbocycles. The Morgan fingerprint density at radius 2 is 1.90 bits per heavy atom. The summed E-state index contributed by atoms with van der Waals surface area (Å²) < 4.78 is 33.9. The number of fused-ring (bicyclic) bond motifs is 2. The smallest absolute Gasteiger partial charge is 0.362 e. The van der Waals surface area contributed by atoms with Gasteiger partial charge in [-0.05, 0) is 35.7 Å². The van der Waals surface area contributed by atoms with Crippen LogP contribution >= 0.6 is 11.6 Å². The molecule has 2 aromatic carbocycles. The maximum Gasteiger partial charge on any atom is 0.362 e. The lowest BCUT2D eigenvalue weighted by atomic mass is 10.2. The molecule has 9 nitrogen and oxygen atoms in total. The summed E-state index contributed by atoms with van der Waals surface area (Å²) in [4.78, 5) is 26.1. The topological polar surface area (TPSA) is 123 Å². The summed E-state index contributed by atoms with van der Waals surface area (Å²) in [5, 5.41) is 10.1. The van der Waals surface area contributed by atoms with Crippen LogP contribution in [0.5, 0.6) is 0 Å². The average Bonchev–Trinajstić information content (AvgIpc) is 3.07. The Morgan fingerprint density at radius 3 is 2.60 bits per heavy atom. The van der Waals surface area contributed by atoms with Crippen molar-refractivity contribution in [2.45, 2.75) is 15.8 Å². The molecule has 2 aromatic heterocycles. The summed E-state index contributed by atoms with van der Waals surface area (Å²) >= 11 is 6.04. The van der Waals surface area contributed by atoms with Crippen molar-refractivity contribution in [1.29, 1.82) is 0 Å². The molecule has 1 fully saturated rings. The van der Waals surface area contributed by atoms with E-state index in [-0.39, 0.29) is 36.5 Å². The molecule has 0 radical (unpaired) electrons. The number of aromatic amines is 1. The van der Waals surface area contributed by atoms with E-state index >= 15 is 0 Å². The van der Waals surface area contributed by atoms with Crippen LogP contribution in [0.3, 0.4) is 0 Å². The van der Waals surface area contributed by atoms with Gasteiger partial charge in [0.25, 0.3) is 5.56 Å². The summed E-state index contributed by atoms with van der Waals surface area (Å²) in [7, 11) is -4.13. The van der Waals surface area contributed by atoms with Gasteiger partial charge in [0.15, 0.2) is 0 Å². The van der Waals surface area contributed by atoms with Gasteiger partial charge in [0.2, 0.25) is 9.84 Å². The first kappa shape index (κ1) is 18.9. The molecule has 2 N–H and O–H groups in total. The van der Waals surface area contributed by atoms with Crippen LogP contribution in [0.15, 0.2) is 62.0 Å². The number of aromatic nitrogens is 3. The zero-order valence-electron chi connectivity index (χ0n) is 15.2. The third-order valence-corrected chi connectivity index (χ3v) is 7.36. The van der Waals surface area contributed by atoms with Crippen molar-refractivity contribution < 1.29 is 18.4 Å². The number of benzene rings is 2. The van der Waals surface area contributed by atoms with E-state index in [0.29, 0.717) is 13.2 Å². The molecule has 154 valence electrons. The molecule has 1 aliphatic heterocycles. The van der Waals surface area contributed by atoms with E-state index < -0.39 is 21.1 Å². The van der Waals surface area contributed by atoms with Crippen molar-refractivity contribution in [1.82, 2.24) is 14.3 Å². The van der Waals surface area contributed by atoms with E-state index in [1.807, 2.05) is 16.8 Å². The van der Waals surface area contributed by atoms with Crippen LogP contribution in [-0.2, 0) is 14.6 Å². The lowest BCUT2D eigenvalue weighted by molar-refractivity contribution is -0.0213. The molecule has 11 heteroatoms.